The Kier molecular flexibility index (Phi) is 5.22. The minimum atomic E-state index is -0.216. The molecule has 0 saturated carbocycles. The molecule has 1 amide bonds. The summed E-state index contributed by atoms with van der Waals surface area (Å²) in [6.45, 7) is 3.13. The molecule has 2 aromatic heterocycles. The first-order valence-corrected chi connectivity index (χ1v) is 11.6. The average molecular weight is 462 g/mol. The fraction of sp³-hybridized carbons (Fsp3) is 0.143. The molecule has 1 atom stereocenters. The molecule has 0 unspecified atom stereocenters. The smallest absolute Gasteiger partial charge is 0.254 e. The number of aromatic nitrogens is 4. The maximum atomic E-state index is 13.3. The number of nitrogens with zero attached hydrogens (tertiary/aromatic N) is 5. The third-order valence-corrected chi connectivity index (χ3v) is 6.44. The first-order valence-electron chi connectivity index (χ1n) is 11.6. The van der Waals surface area contributed by atoms with E-state index in [4.69, 9.17) is 4.42 Å². The van der Waals surface area contributed by atoms with Crippen LogP contribution >= 0.6 is 0 Å². The van der Waals surface area contributed by atoms with Crippen LogP contribution < -0.4 is 0 Å². The maximum Gasteiger partial charge on any atom is 0.254 e. The molecule has 1 aliphatic rings. The zero-order valence-corrected chi connectivity index (χ0v) is 19.2. The predicted molar refractivity (Wildman–Crippen MR) is 132 cm³/mol. The Bertz CT molecular complexity index is 1470. The highest BCUT2D eigenvalue weighted by atomic mass is 16.3. The van der Waals surface area contributed by atoms with Crippen LogP contribution in [-0.2, 0) is 6.54 Å². The maximum absolute atomic E-state index is 13.3. The molecule has 0 saturated heterocycles. The topological polar surface area (TPSA) is 77.1 Å². The van der Waals surface area contributed by atoms with Crippen molar-refractivity contribution in [2.75, 3.05) is 6.54 Å². The lowest BCUT2D eigenvalue weighted by molar-refractivity contribution is 0.0638. The van der Waals surface area contributed by atoms with Crippen molar-refractivity contribution in [3.05, 3.63) is 103 Å². The highest BCUT2D eigenvalue weighted by molar-refractivity contribution is 5.95. The molecule has 0 N–H and O–H groups in total. The van der Waals surface area contributed by atoms with Crippen LogP contribution in [0.4, 0.5) is 0 Å². The van der Waals surface area contributed by atoms with Crippen LogP contribution in [0.3, 0.4) is 0 Å². The van der Waals surface area contributed by atoms with E-state index < -0.39 is 0 Å². The molecule has 5 aromatic rings. The zero-order valence-electron chi connectivity index (χ0n) is 19.2. The van der Waals surface area contributed by atoms with Gasteiger partial charge in [-0.05, 0) is 42.3 Å². The minimum Gasteiger partial charge on any atom is -0.444 e. The number of carbonyl (C=O) groups is 1. The van der Waals surface area contributed by atoms with Gasteiger partial charge in [0.2, 0.25) is 5.89 Å². The van der Waals surface area contributed by atoms with Gasteiger partial charge in [0.1, 0.15) is 12.0 Å². The minimum absolute atomic E-state index is 0.0132. The van der Waals surface area contributed by atoms with E-state index in [9.17, 15) is 4.79 Å². The number of amides is 1. The number of benzene rings is 3. The largest absolute Gasteiger partial charge is 0.444 e. The van der Waals surface area contributed by atoms with Crippen LogP contribution in [-0.4, -0.2) is 37.1 Å². The molecular weight excluding hydrogens is 438 g/mol. The summed E-state index contributed by atoms with van der Waals surface area (Å²) < 4.78 is 7.72. The van der Waals surface area contributed by atoms with E-state index >= 15 is 0 Å². The van der Waals surface area contributed by atoms with E-state index in [-0.39, 0.29) is 11.9 Å². The summed E-state index contributed by atoms with van der Waals surface area (Å²) in [5, 5.41) is 8.80. The molecule has 0 bridgehead atoms. The quantitative estimate of drug-likeness (QED) is 0.354. The molecule has 3 aromatic carbocycles. The van der Waals surface area contributed by atoms with Crippen LogP contribution in [0.2, 0.25) is 0 Å². The molecule has 0 aliphatic carbocycles. The number of hydrogen-bond donors (Lipinski definition) is 0. The summed E-state index contributed by atoms with van der Waals surface area (Å²) in [4.78, 5) is 19.8. The summed E-state index contributed by atoms with van der Waals surface area (Å²) >= 11 is 0. The number of hydrogen-bond acceptors (Lipinski definition) is 5. The standard InChI is InChI=1S/C28H23N5O2/c1-19-25-30-31-26(24-18-35-27(29-24)22-10-6-3-7-11-22)33(25)17-16-32(19)28(34)23-14-12-21(13-15-23)20-8-4-2-5-9-20/h2-15,18-19H,16-17H2,1H3/t19-/m1/s1. The van der Waals surface area contributed by atoms with Crippen LogP contribution in [0.15, 0.2) is 95.6 Å². The first-order chi connectivity index (χ1) is 17.2. The summed E-state index contributed by atoms with van der Waals surface area (Å²) in [5.41, 5.74) is 4.41. The van der Waals surface area contributed by atoms with E-state index in [0.717, 1.165) is 22.5 Å². The summed E-state index contributed by atoms with van der Waals surface area (Å²) in [6, 6.07) is 27.4. The van der Waals surface area contributed by atoms with Crippen molar-refractivity contribution < 1.29 is 9.21 Å². The van der Waals surface area contributed by atoms with Gasteiger partial charge in [-0.15, -0.1) is 10.2 Å². The molecule has 7 nitrogen and oxygen atoms in total. The van der Waals surface area contributed by atoms with Gasteiger partial charge >= 0.3 is 0 Å². The molecule has 35 heavy (non-hydrogen) atoms. The van der Waals surface area contributed by atoms with Gasteiger partial charge in [0.05, 0.1) is 6.04 Å². The molecule has 7 heteroatoms. The van der Waals surface area contributed by atoms with Crippen molar-refractivity contribution >= 4 is 5.91 Å². The molecule has 3 heterocycles. The lowest BCUT2D eigenvalue weighted by atomic mass is 10.0. The predicted octanol–water partition coefficient (Wildman–Crippen LogP) is 5.48. The van der Waals surface area contributed by atoms with Gasteiger partial charge in [0.25, 0.3) is 5.91 Å². The van der Waals surface area contributed by atoms with Crippen molar-refractivity contribution in [3.63, 3.8) is 0 Å². The van der Waals surface area contributed by atoms with Crippen molar-refractivity contribution in [1.82, 2.24) is 24.6 Å². The Morgan fingerprint density at radius 1 is 0.829 bits per heavy atom. The Hall–Kier alpha value is -4.52. The molecule has 0 radical (unpaired) electrons. The molecule has 6 rings (SSSR count). The van der Waals surface area contributed by atoms with Crippen molar-refractivity contribution in [2.24, 2.45) is 0 Å². The molecule has 172 valence electrons. The second-order valence-corrected chi connectivity index (χ2v) is 8.56. The van der Waals surface area contributed by atoms with Gasteiger partial charge in [-0.25, -0.2) is 4.98 Å². The average Bonchev–Trinajstić information content (AvgIpc) is 3.58. The van der Waals surface area contributed by atoms with Gasteiger partial charge in [-0.3, -0.25) is 4.79 Å². The lowest BCUT2D eigenvalue weighted by Crippen LogP contribution is -2.41. The Labute approximate surface area is 202 Å². The van der Waals surface area contributed by atoms with Gasteiger partial charge in [-0.2, -0.15) is 0 Å². The molecule has 0 spiro atoms. The first kappa shape index (κ1) is 21.0. The SMILES string of the molecule is C[C@@H]1c2nnc(-c3coc(-c4ccccc4)n3)n2CCN1C(=O)c1ccc(-c2ccccc2)cc1. The van der Waals surface area contributed by atoms with Crippen molar-refractivity contribution in [2.45, 2.75) is 19.5 Å². The lowest BCUT2D eigenvalue weighted by Gasteiger charge is -2.33. The van der Waals surface area contributed by atoms with E-state index in [2.05, 4.69) is 27.3 Å². The number of rotatable bonds is 4. The second-order valence-electron chi connectivity index (χ2n) is 8.56. The Morgan fingerprint density at radius 3 is 2.20 bits per heavy atom. The van der Waals surface area contributed by atoms with Crippen molar-refractivity contribution in [3.8, 4) is 34.1 Å². The fourth-order valence-corrected chi connectivity index (χ4v) is 4.54. The Balaban J connectivity index is 1.23. The highest BCUT2D eigenvalue weighted by Crippen LogP contribution is 2.31. The summed E-state index contributed by atoms with van der Waals surface area (Å²) in [7, 11) is 0. The molecule has 0 fully saturated rings. The third-order valence-electron chi connectivity index (χ3n) is 6.44. The van der Waals surface area contributed by atoms with E-state index in [1.165, 1.54) is 0 Å². The van der Waals surface area contributed by atoms with Crippen LogP contribution in [0.25, 0.3) is 34.1 Å². The van der Waals surface area contributed by atoms with Crippen LogP contribution in [0.5, 0.6) is 0 Å². The van der Waals surface area contributed by atoms with Gasteiger partial charge < -0.3 is 13.9 Å². The van der Waals surface area contributed by atoms with Crippen LogP contribution in [0.1, 0.15) is 29.1 Å². The second kappa shape index (κ2) is 8.68. The number of fused-ring (bicyclic) bond motifs is 1. The third kappa shape index (κ3) is 3.81. The van der Waals surface area contributed by atoms with Crippen molar-refractivity contribution in [1.29, 1.82) is 0 Å². The number of oxazole rings is 1. The van der Waals surface area contributed by atoms with E-state index in [1.54, 1.807) is 6.26 Å². The molecule has 1 aliphatic heterocycles. The van der Waals surface area contributed by atoms with Gasteiger partial charge in [0, 0.05) is 24.2 Å². The normalized spacial score (nSPS) is 15.1. The highest BCUT2D eigenvalue weighted by Gasteiger charge is 2.32. The van der Waals surface area contributed by atoms with E-state index in [1.807, 2.05) is 89.2 Å². The fourth-order valence-electron chi connectivity index (χ4n) is 4.54. The zero-order chi connectivity index (χ0) is 23.8. The summed E-state index contributed by atoms with van der Waals surface area (Å²) in [6.07, 6.45) is 1.61. The molecular formula is C28H23N5O2. The Morgan fingerprint density at radius 2 is 1.49 bits per heavy atom. The number of carbonyl (C=O) groups excluding carboxylic acids is 1. The summed E-state index contributed by atoms with van der Waals surface area (Å²) in [5.74, 6) is 1.92. The van der Waals surface area contributed by atoms with Gasteiger partial charge in [-0.1, -0.05) is 60.7 Å². The monoisotopic (exact) mass is 461 g/mol. The van der Waals surface area contributed by atoms with E-state index in [0.29, 0.717) is 36.1 Å². The van der Waals surface area contributed by atoms with Gasteiger partial charge in [0.15, 0.2) is 11.6 Å². The van der Waals surface area contributed by atoms with Crippen LogP contribution in [0, 0.1) is 0 Å².